The molecule has 4 nitrogen and oxygen atoms in total. The molecular weight excluding hydrogens is 316 g/mol. The first kappa shape index (κ1) is 13.0. The second-order valence-electron chi connectivity index (χ2n) is 3.80. The van der Waals surface area contributed by atoms with Crippen LogP contribution in [0.2, 0.25) is 0 Å². The highest BCUT2D eigenvalue weighted by molar-refractivity contribution is 9.10. The molecule has 1 N–H and O–H groups in total. The Kier molecular flexibility index (Phi) is 3.98. The van der Waals surface area contributed by atoms with E-state index in [1.54, 1.807) is 23.5 Å². The molecule has 1 heterocycles. The van der Waals surface area contributed by atoms with Crippen molar-refractivity contribution >= 4 is 38.6 Å². The number of nitrogens with zero attached hydrogens (tertiary/aromatic N) is 1. The van der Waals surface area contributed by atoms with Crippen LogP contribution in [0.1, 0.15) is 10.4 Å². The lowest BCUT2D eigenvalue weighted by Crippen LogP contribution is -2.01. The van der Waals surface area contributed by atoms with Gasteiger partial charge in [0.2, 0.25) is 0 Å². The lowest BCUT2D eigenvalue weighted by atomic mass is 10.2. The Morgan fingerprint density at radius 1 is 1.44 bits per heavy atom. The van der Waals surface area contributed by atoms with Crippen LogP contribution >= 0.6 is 27.3 Å². The molecule has 0 radical (unpaired) electrons. The smallest absolute Gasteiger partial charge is 0.271 e. The number of aryl methyl sites for hydroxylation is 1. The van der Waals surface area contributed by atoms with Crippen LogP contribution in [0.25, 0.3) is 0 Å². The molecule has 0 aliphatic heterocycles. The van der Waals surface area contributed by atoms with Gasteiger partial charge in [-0.2, -0.15) is 0 Å². The summed E-state index contributed by atoms with van der Waals surface area (Å²) in [5.41, 5.74) is 1.89. The van der Waals surface area contributed by atoms with E-state index in [2.05, 4.69) is 21.2 Å². The van der Waals surface area contributed by atoms with E-state index in [0.717, 1.165) is 15.7 Å². The van der Waals surface area contributed by atoms with Crippen molar-refractivity contribution in [3.05, 3.63) is 54.7 Å². The van der Waals surface area contributed by atoms with Gasteiger partial charge in [0, 0.05) is 27.2 Å². The van der Waals surface area contributed by atoms with Crippen LogP contribution in [0.4, 0.5) is 11.4 Å². The maximum Gasteiger partial charge on any atom is 0.271 e. The molecule has 0 aliphatic carbocycles. The van der Waals surface area contributed by atoms with E-state index in [9.17, 15) is 10.1 Å². The summed E-state index contributed by atoms with van der Waals surface area (Å²) < 4.78 is 1.06. The molecule has 0 unspecified atom stereocenters. The first-order chi connectivity index (χ1) is 8.58. The first-order valence-electron chi connectivity index (χ1n) is 5.28. The fraction of sp³-hybridized carbons (Fsp3) is 0.167. The van der Waals surface area contributed by atoms with E-state index >= 15 is 0 Å². The summed E-state index contributed by atoms with van der Waals surface area (Å²) in [4.78, 5) is 11.5. The number of benzene rings is 1. The number of nitro benzene ring substituents is 1. The number of non-ortho nitro benzene ring substituents is 1. The van der Waals surface area contributed by atoms with E-state index in [0.29, 0.717) is 6.54 Å². The van der Waals surface area contributed by atoms with E-state index < -0.39 is 0 Å². The summed E-state index contributed by atoms with van der Waals surface area (Å²) in [5, 5.41) is 16.0. The molecular formula is C12H11BrN2O2S. The second-order valence-corrected chi connectivity index (χ2v) is 5.66. The second kappa shape index (κ2) is 5.49. The Morgan fingerprint density at radius 2 is 2.22 bits per heavy atom. The molecule has 2 rings (SSSR count). The molecule has 1 aromatic carbocycles. The van der Waals surface area contributed by atoms with Crippen molar-refractivity contribution in [1.29, 1.82) is 0 Å². The van der Waals surface area contributed by atoms with Crippen molar-refractivity contribution < 1.29 is 4.92 Å². The molecule has 0 bridgehead atoms. The van der Waals surface area contributed by atoms with Gasteiger partial charge in [-0.05, 0) is 39.9 Å². The highest BCUT2D eigenvalue weighted by Crippen LogP contribution is 2.26. The molecule has 0 aliphatic rings. The van der Waals surface area contributed by atoms with Crippen molar-refractivity contribution in [3.8, 4) is 0 Å². The zero-order valence-corrected chi connectivity index (χ0v) is 12.0. The van der Waals surface area contributed by atoms with Crippen LogP contribution < -0.4 is 5.32 Å². The highest BCUT2D eigenvalue weighted by atomic mass is 79.9. The lowest BCUT2D eigenvalue weighted by molar-refractivity contribution is -0.384. The number of thiophene rings is 1. The third-order valence-corrected chi connectivity index (χ3v) is 4.49. The van der Waals surface area contributed by atoms with Gasteiger partial charge in [-0.1, -0.05) is 6.07 Å². The number of anilines is 1. The van der Waals surface area contributed by atoms with E-state index in [4.69, 9.17) is 0 Å². The fourth-order valence-corrected chi connectivity index (χ4v) is 2.97. The number of nitro groups is 1. The molecule has 94 valence electrons. The summed E-state index contributed by atoms with van der Waals surface area (Å²) >= 11 is 5.10. The van der Waals surface area contributed by atoms with E-state index in [-0.39, 0.29) is 10.6 Å². The van der Waals surface area contributed by atoms with Gasteiger partial charge in [0.05, 0.1) is 11.5 Å². The normalized spacial score (nSPS) is 10.3. The Labute approximate surface area is 117 Å². The van der Waals surface area contributed by atoms with E-state index in [1.807, 2.05) is 18.4 Å². The predicted molar refractivity (Wildman–Crippen MR) is 77.2 cm³/mol. The van der Waals surface area contributed by atoms with Crippen molar-refractivity contribution in [2.45, 2.75) is 13.5 Å². The molecule has 2 aromatic rings. The van der Waals surface area contributed by atoms with Gasteiger partial charge in [-0.25, -0.2) is 0 Å². The van der Waals surface area contributed by atoms with E-state index in [1.165, 1.54) is 10.9 Å². The number of hydrogen-bond donors (Lipinski definition) is 1. The van der Waals surface area contributed by atoms with Gasteiger partial charge in [0.25, 0.3) is 5.69 Å². The molecule has 0 saturated carbocycles. The van der Waals surface area contributed by atoms with Crippen LogP contribution in [-0.4, -0.2) is 4.92 Å². The fourth-order valence-electron chi connectivity index (χ4n) is 1.54. The third-order valence-electron chi connectivity index (χ3n) is 2.56. The summed E-state index contributed by atoms with van der Waals surface area (Å²) in [7, 11) is 0. The molecule has 0 atom stereocenters. The maximum absolute atomic E-state index is 10.7. The van der Waals surface area contributed by atoms with Crippen molar-refractivity contribution in [1.82, 2.24) is 0 Å². The number of nitrogens with one attached hydrogen (secondary N) is 1. The molecule has 0 spiro atoms. The quantitative estimate of drug-likeness (QED) is 0.671. The Hall–Kier alpha value is -1.40. The number of hydrogen-bond acceptors (Lipinski definition) is 4. The minimum atomic E-state index is -0.383. The van der Waals surface area contributed by atoms with Gasteiger partial charge in [-0.3, -0.25) is 10.1 Å². The Balaban J connectivity index is 2.16. The maximum atomic E-state index is 10.7. The van der Waals surface area contributed by atoms with Gasteiger partial charge in [0.15, 0.2) is 0 Å². The van der Waals surface area contributed by atoms with Crippen LogP contribution in [0, 0.1) is 17.0 Å². The largest absolute Gasteiger partial charge is 0.380 e. The number of halogens is 1. The molecule has 1 aromatic heterocycles. The highest BCUT2D eigenvalue weighted by Gasteiger charge is 2.09. The Morgan fingerprint density at radius 3 is 2.83 bits per heavy atom. The van der Waals surface area contributed by atoms with Crippen molar-refractivity contribution in [2.24, 2.45) is 0 Å². The average molecular weight is 327 g/mol. The van der Waals surface area contributed by atoms with Crippen molar-refractivity contribution in [3.63, 3.8) is 0 Å². The minimum absolute atomic E-state index is 0.105. The number of rotatable bonds is 4. The predicted octanol–water partition coefficient (Wildman–Crippen LogP) is 4.34. The van der Waals surface area contributed by atoms with Gasteiger partial charge >= 0.3 is 0 Å². The molecule has 0 amide bonds. The average Bonchev–Trinajstić information content (AvgIpc) is 2.73. The van der Waals surface area contributed by atoms with Crippen LogP contribution in [0.3, 0.4) is 0 Å². The first-order valence-corrected chi connectivity index (χ1v) is 6.96. The minimum Gasteiger partial charge on any atom is -0.380 e. The van der Waals surface area contributed by atoms with Crippen LogP contribution in [0.5, 0.6) is 0 Å². The van der Waals surface area contributed by atoms with Crippen LogP contribution in [0.15, 0.2) is 34.1 Å². The van der Waals surface area contributed by atoms with Gasteiger partial charge in [-0.15, -0.1) is 11.3 Å². The molecule has 0 saturated heterocycles. The molecule has 6 heteroatoms. The summed E-state index contributed by atoms with van der Waals surface area (Å²) in [6, 6.07) is 6.82. The lowest BCUT2D eigenvalue weighted by Gasteiger charge is -2.08. The molecule has 18 heavy (non-hydrogen) atoms. The standard InChI is InChI=1S/C12H11BrN2O2S/c1-8-2-3-9(15(16)17)6-11(8)14-7-12-10(13)4-5-18-12/h2-6,14H,7H2,1H3. The SMILES string of the molecule is Cc1ccc([N+](=O)[O-])cc1NCc1sccc1Br. The van der Waals surface area contributed by atoms with Gasteiger partial charge in [0.1, 0.15) is 0 Å². The molecule has 0 fully saturated rings. The summed E-state index contributed by atoms with van der Waals surface area (Å²) in [6.07, 6.45) is 0. The van der Waals surface area contributed by atoms with Crippen LogP contribution in [-0.2, 0) is 6.54 Å². The summed E-state index contributed by atoms with van der Waals surface area (Å²) in [5.74, 6) is 0. The summed E-state index contributed by atoms with van der Waals surface area (Å²) in [6.45, 7) is 2.58. The topological polar surface area (TPSA) is 55.2 Å². The zero-order valence-electron chi connectivity index (χ0n) is 9.64. The monoisotopic (exact) mass is 326 g/mol. The zero-order chi connectivity index (χ0) is 13.1. The van der Waals surface area contributed by atoms with Gasteiger partial charge < -0.3 is 5.32 Å². The third kappa shape index (κ3) is 2.88. The Bertz CT molecular complexity index is 583. The van der Waals surface area contributed by atoms with Crippen molar-refractivity contribution in [2.75, 3.05) is 5.32 Å².